The zero-order valence-electron chi connectivity index (χ0n) is 21.8. The molecule has 198 valence electrons. The van der Waals surface area contributed by atoms with Crippen LogP contribution in [-0.2, 0) is 35.2 Å². The molecule has 1 N–H and O–H groups in total. The van der Waals surface area contributed by atoms with Gasteiger partial charge in [-0.2, -0.15) is 0 Å². The molecule has 4 rings (SSSR count). The monoisotopic (exact) mass is 541 g/mol. The fourth-order valence-electron chi connectivity index (χ4n) is 5.01. The molecule has 37 heavy (non-hydrogen) atoms. The zero-order chi connectivity index (χ0) is 26.4. The molecule has 0 bridgehead atoms. The van der Waals surface area contributed by atoms with Crippen LogP contribution in [0.2, 0.25) is 5.02 Å². The maximum atomic E-state index is 13.2. The van der Waals surface area contributed by atoms with Gasteiger partial charge in [0.1, 0.15) is 6.04 Å². The Balaban J connectivity index is 1.32. The summed E-state index contributed by atoms with van der Waals surface area (Å²) in [5, 5.41) is 3.79. The van der Waals surface area contributed by atoms with Gasteiger partial charge in [-0.3, -0.25) is 9.69 Å². The number of amides is 1. The third kappa shape index (κ3) is 7.74. The number of imidazole rings is 1. The van der Waals surface area contributed by atoms with Crippen molar-refractivity contribution < 1.29 is 9.00 Å². The maximum absolute atomic E-state index is 13.2. The molecular formula is C28H36ClN5O2S. The smallest absolute Gasteiger partial charge is 0.239 e. The van der Waals surface area contributed by atoms with Gasteiger partial charge >= 0.3 is 0 Å². The van der Waals surface area contributed by atoms with E-state index >= 15 is 0 Å². The first-order chi connectivity index (χ1) is 17.8. The normalized spacial score (nSPS) is 17.6. The van der Waals surface area contributed by atoms with Crippen LogP contribution in [0.3, 0.4) is 0 Å². The van der Waals surface area contributed by atoms with Crippen molar-refractivity contribution >= 4 is 28.5 Å². The number of aromatic nitrogens is 2. The van der Waals surface area contributed by atoms with Crippen LogP contribution < -0.4 is 5.32 Å². The number of hydrogen-bond donors (Lipinski definition) is 1. The van der Waals surface area contributed by atoms with Gasteiger partial charge < -0.3 is 9.88 Å². The first kappa shape index (κ1) is 27.5. The van der Waals surface area contributed by atoms with Crippen LogP contribution in [0.25, 0.3) is 0 Å². The molecule has 2 atom stereocenters. The van der Waals surface area contributed by atoms with E-state index in [2.05, 4.69) is 51.8 Å². The van der Waals surface area contributed by atoms with Crippen molar-refractivity contribution in [1.29, 1.82) is 0 Å². The molecular weight excluding hydrogens is 506 g/mol. The standard InChI is InChI=1S/C28H36ClN5O2S/c1-21-13-22(2)15-23(14-21)8-10-32-11-12-34(37(3)36)27(19-32)28(35)31-9-7-26-17-30-20-33(26)18-24-5-4-6-25(29)16-24/h4-6,13-17,20,27H,7-12,18-19H2,1-3H3,(H,31,35). The van der Waals surface area contributed by atoms with E-state index in [9.17, 15) is 9.00 Å². The largest absolute Gasteiger partial charge is 0.354 e. The van der Waals surface area contributed by atoms with E-state index in [0.717, 1.165) is 30.8 Å². The molecule has 1 saturated heterocycles. The first-order valence-corrected chi connectivity index (χ1v) is 14.6. The van der Waals surface area contributed by atoms with Gasteiger partial charge in [0.15, 0.2) is 0 Å². The van der Waals surface area contributed by atoms with E-state index < -0.39 is 17.0 Å². The van der Waals surface area contributed by atoms with Crippen LogP contribution in [0.5, 0.6) is 0 Å². The van der Waals surface area contributed by atoms with Gasteiger partial charge in [0, 0.05) is 68.9 Å². The number of benzene rings is 2. The van der Waals surface area contributed by atoms with Crippen LogP contribution >= 0.6 is 11.6 Å². The lowest BCUT2D eigenvalue weighted by atomic mass is 10.0. The Labute approximate surface area is 227 Å². The summed E-state index contributed by atoms with van der Waals surface area (Å²) in [6.07, 6.45) is 6.88. The minimum atomic E-state index is -1.21. The van der Waals surface area contributed by atoms with Crippen molar-refractivity contribution in [3.8, 4) is 0 Å². The number of carbonyl (C=O) groups excluding carboxylic acids is 1. The van der Waals surface area contributed by atoms with Gasteiger partial charge in [0.05, 0.1) is 17.3 Å². The lowest BCUT2D eigenvalue weighted by Gasteiger charge is -2.39. The molecule has 1 aliphatic rings. The summed E-state index contributed by atoms with van der Waals surface area (Å²) in [5.41, 5.74) is 5.99. The van der Waals surface area contributed by atoms with Crippen LogP contribution in [0.4, 0.5) is 0 Å². The van der Waals surface area contributed by atoms with Crippen molar-refractivity contribution in [1.82, 2.24) is 24.1 Å². The highest BCUT2D eigenvalue weighted by atomic mass is 35.5. The molecule has 0 saturated carbocycles. The number of carbonyl (C=O) groups is 1. The molecule has 1 fully saturated rings. The highest BCUT2D eigenvalue weighted by Crippen LogP contribution is 2.16. The lowest BCUT2D eigenvalue weighted by molar-refractivity contribution is -0.126. The van der Waals surface area contributed by atoms with Gasteiger partial charge in [-0.15, -0.1) is 0 Å². The Kier molecular flexibility index (Phi) is 9.54. The van der Waals surface area contributed by atoms with Gasteiger partial charge in [-0.1, -0.05) is 53.1 Å². The minimum Gasteiger partial charge on any atom is -0.354 e. The summed E-state index contributed by atoms with van der Waals surface area (Å²) in [5.74, 6) is -0.0767. The van der Waals surface area contributed by atoms with Crippen molar-refractivity contribution in [3.63, 3.8) is 0 Å². The second kappa shape index (κ2) is 12.8. The summed E-state index contributed by atoms with van der Waals surface area (Å²) in [6, 6.07) is 14.0. The third-order valence-corrected chi connectivity index (χ3v) is 8.10. The molecule has 0 aliphatic carbocycles. The second-order valence-electron chi connectivity index (χ2n) is 9.81. The van der Waals surface area contributed by atoms with Gasteiger partial charge in [-0.05, 0) is 43.5 Å². The lowest BCUT2D eigenvalue weighted by Crippen LogP contribution is -2.59. The third-order valence-electron chi connectivity index (χ3n) is 6.77. The summed E-state index contributed by atoms with van der Waals surface area (Å²) < 4.78 is 16.3. The number of halogens is 1. The summed E-state index contributed by atoms with van der Waals surface area (Å²) in [7, 11) is -1.21. The van der Waals surface area contributed by atoms with Crippen LogP contribution in [0.15, 0.2) is 55.0 Å². The number of rotatable bonds is 10. The van der Waals surface area contributed by atoms with Gasteiger partial charge in [0.2, 0.25) is 5.91 Å². The summed E-state index contributed by atoms with van der Waals surface area (Å²) in [4.78, 5) is 19.8. The van der Waals surface area contributed by atoms with Crippen molar-refractivity contribution in [2.24, 2.45) is 0 Å². The topological polar surface area (TPSA) is 70.5 Å². The van der Waals surface area contributed by atoms with Crippen molar-refractivity contribution in [3.05, 3.63) is 88.0 Å². The molecule has 1 aromatic heterocycles. The quantitative estimate of drug-likeness (QED) is 0.427. The fraction of sp³-hybridized carbons (Fsp3) is 0.429. The predicted octanol–water partition coefficient (Wildman–Crippen LogP) is 3.38. The molecule has 0 radical (unpaired) electrons. The molecule has 9 heteroatoms. The molecule has 3 aromatic rings. The van der Waals surface area contributed by atoms with E-state index in [1.54, 1.807) is 12.6 Å². The average Bonchev–Trinajstić information content (AvgIpc) is 3.28. The number of piperazine rings is 1. The van der Waals surface area contributed by atoms with Crippen LogP contribution in [0, 0.1) is 13.8 Å². The molecule has 2 unspecified atom stereocenters. The Morgan fingerprint density at radius 2 is 1.89 bits per heavy atom. The minimum absolute atomic E-state index is 0.0767. The van der Waals surface area contributed by atoms with Crippen LogP contribution in [0.1, 0.15) is 27.9 Å². The van der Waals surface area contributed by atoms with Gasteiger partial charge in [-0.25, -0.2) is 13.5 Å². The van der Waals surface area contributed by atoms with E-state index in [4.69, 9.17) is 11.6 Å². The highest BCUT2D eigenvalue weighted by Gasteiger charge is 2.34. The summed E-state index contributed by atoms with van der Waals surface area (Å²) in [6.45, 7) is 8.26. The number of aryl methyl sites for hydroxylation is 2. The van der Waals surface area contributed by atoms with E-state index in [-0.39, 0.29) is 5.91 Å². The average molecular weight is 542 g/mol. The molecule has 1 amide bonds. The van der Waals surface area contributed by atoms with Crippen LogP contribution in [-0.4, -0.2) is 73.9 Å². The van der Waals surface area contributed by atoms with E-state index in [1.165, 1.54) is 16.7 Å². The van der Waals surface area contributed by atoms with E-state index in [1.807, 2.05) is 34.8 Å². The Bertz CT molecular complexity index is 1230. The molecule has 7 nitrogen and oxygen atoms in total. The molecule has 2 heterocycles. The Morgan fingerprint density at radius 1 is 1.11 bits per heavy atom. The predicted molar refractivity (Wildman–Crippen MR) is 150 cm³/mol. The second-order valence-corrected chi connectivity index (χ2v) is 11.6. The maximum Gasteiger partial charge on any atom is 0.239 e. The molecule has 2 aromatic carbocycles. The van der Waals surface area contributed by atoms with Crippen molar-refractivity contribution in [2.45, 2.75) is 39.3 Å². The van der Waals surface area contributed by atoms with Crippen molar-refractivity contribution in [2.75, 3.05) is 39.0 Å². The number of nitrogens with one attached hydrogen (secondary N) is 1. The Hall–Kier alpha value is -2.52. The summed E-state index contributed by atoms with van der Waals surface area (Å²) >= 11 is 6.12. The Morgan fingerprint density at radius 3 is 2.62 bits per heavy atom. The van der Waals surface area contributed by atoms with E-state index in [0.29, 0.717) is 37.6 Å². The number of nitrogens with zero attached hydrogens (tertiary/aromatic N) is 4. The van der Waals surface area contributed by atoms with Gasteiger partial charge in [0.25, 0.3) is 0 Å². The fourth-order valence-corrected chi connectivity index (χ4v) is 6.08. The number of hydrogen-bond acceptors (Lipinski definition) is 4. The SMILES string of the molecule is Cc1cc(C)cc(CCN2CCN(S(C)=O)C(C(=O)NCCc3cncn3Cc3cccc(Cl)c3)C2)c1. The first-order valence-electron chi connectivity index (χ1n) is 12.7. The zero-order valence-corrected chi connectivity index (χ0v) is 23.4. The molecule has 0 spiro atoms. The molecule has 1 aliphatic heterocycles. The highest BCUT2D eigenvalue weighted by molar-refractivity contribution is 7.81.